The third-order valence-electron chi connectivity index (χ3n) is 2.52. The monoisotopic (exact) mass is 319 g/mol. The second-order valence-corrected chi connectivity index (χ2v) is 6.03. The number of esters is 1. The number of carbonyl (C=O) groups is 2. The van der Waals surface area contributed by atoms with Gasteiger partial charge in [0.2, 0.25) is 10.0 Å². The summed E-state index contributed by atoms with van der Waals surface area (Å²) >= 11 is 0. The molecular weight excluding hydrogens is 305 g/mol. The molecule has 0 aliphatic carbocycles. The Morgan fingerprint density at radius 2 is 2.00 bits per heavy atom. The molecule has 0 aliphatic heterocycles. The van der Waals surface area contributed by atoms with Gasteiger partial charge in [-0.15, -0.1) is 0 Å². The van der Waals surface area contributed by atoms with Crippen LogP contribution in [0.1, 0.15) is 17.3 Å². The van der Waals surface area contributed by atoms with E-state index in [0.717, 1.165) is 19.2 Å². The van der Waals surface area contributed by atoms with Crippen molar-refractivity contribution < 1.29 is 32.2 Å². The Hall–Kier alpha value is -2.00. The van der Waals surface area contributed by atoms with Crippen LogP contribution in [0.4, 0.5) is 4.39 Å². The smallest absolute Gasteiger partial charge is 0.335 e. The van der Waals surface area contributed by atoms with Gasteiger partial charge < -0.3 is 9.84 Å². The van der Waals surface area contributed by atoms with Crippen molar-refractivity contribution in [2.45, 2.75) is 11.8 Å². The number of carbonyl (C=O) groups excluding carboxylic acids is 1. The Bertz CT molecular complexity index is 658. The number of ether oxygens (including phenoxy) is 1. The fraction of sp³-hybridized carbons (Fsp3) is 0.333. The summed E-state index contributed by atoms with van der Waals surface area (Å²) in [6.45, 7) is 1.03. The molecule has 0 fully saturated rings. The third kappa shape index (κ3) is 3.99. The van der Waals surface area contributed by atoms with E-state index in [2.05, 4.69) is 4.74 Å². The molecule has 0 atom stereocenters. The van der Waals surface area contributed by atoms with E-state index in [9.17, 15) is 22.4 Å². The minimum atomic E-state index is -4.34. The lowest BCUT2D eigenvalue weighted by Crippen LogP contribution is -2.33. The van der Waals surface area contributed by atoms with Crippen LogP contribution < -0.4 is 0 Å². The van der Waals surface area contributed by atoms with E-state index in [4.69, 9.17) is 5.11 Å². The molecule has 0 saturated carbocycles. The molecule has 0 amide bonds. The standard InChI is InChI=1S/C12H14FNO6S/c1-3-20-11(15)7-14(2)21(18,19)10-6-8(12(16)17)4-5-9(10)13/h4-6H,3,7H2,1-2H3,(H,16,17). The largest absolute Gasteiger partial charge is 0.478 e. The number of hydrogen-bond acceptors (Lipinski definition) is 5. The topological polar surface area (TPSA) is 101 Å². The normalized spacial score (nSPS) is 11.4. The Labute approximate surface area is 121 Å². The number of carboxylic acid groups (broad SMARTS) is 1. The maximum absolute atomic E-state index is 13.7. The summed E-state index contributed by atoms with van der Waals surface area (Å²) in [4.78, 5) is 21.3. The SMILES string of the molecule is CCOC(=O)CN(C)S(=O)(=O)c1cc(C(=O)O)ccc1F. The summed E-state index contributed by atoms with van der Waals surface area (Å²) in [5.41, 5.74) is -0.375. The maximum atomic E-state index is 13.7. The molecule has 0 spiro atoms. The van der Waals surface area contributed by atoms with Crippen LogP contribution in [0.2, 0.25) is 0 Å². The lowest BCUT2D eigenvalue weighted by atomic mass is 10.2. The van der Waals surface area contributed by atoms with Crippen molar-refractivity contribution in [3.63, 3.8) is 0 Å². The molecule has 7 nitrogen and oxygen atoms in total. The first-order valence-corrected chi connectivity index (χ1v) is 7.29. The highest BCUT2D eigenvalue weighted by Crippen LogP contribution is 2.20. The van der Waals surface area contributed by atoms with E-state index in [1.54, 1.807) is 6.92 Å². The molecule has 9 heteroatoms. The van der Waals surface area contributed by atoms with Gasteiger partial charge in [0, 0.05) is 7.05 Å². The van der Waals surface area contributed by atoms with E-state index >= 15 is 0 Å². The zero-order valence-electron chi connectivity index (χ0n) is 11.4. The average molecular weight is 319 g/mol. The van der Waals surface area contributed by atoms with Gasteiger partial charge in [-0.05, 0) is 25.1 Å². The quantitative estimate of drug-likeness (QED) is 0.775. The highest BCUT2D eigenvalue weighted by Gasteiger charge is 2.27. The van der Waals surface area contributed by atoms with Crippen LogP contribution in [-0.4, -0.2) is 50.0 Å². The molecular formula is C12H14FNO6S. The molecule has 0 unspecified atom stereocenters. The van der Waals surface area contributed by atoms with Crippen molar-refractivity contribution in [2.75, 3.05) is 20.2 Å². The molecule has 0 aliphatic rings. The Morgan fingerprint density at radius 3 is 2.52 bits per heavy atom. The highest BCUT2D eigenvalue weighted by atomic mass is 32.2. The van der Waals surface area contributed by atoms with Gasteiger partial charge in [-0.2, -0.15) is 4.31 Å². The third-order valence-corrected chi connectivity index (χ3v) is 4.34. The number of carboxylic acids is 1. The molecule has 1 aromatic rings. The van der Waals surface area contributed by atoms with E-state index < -0.39 is 39.2 Å². The van der Waals surface area contributed by atoms with Crippen LogP contribution in [0, 0.1) is 5.82 Å². The van der Waals surface area contributed by atoms with Gasteiger partial charge >= 0.3 is 11.9 Å². The molecule has 0 bridgehead atoms. The number of rotatable bonds is 6. The van der Waals surface area contributed by atoms with Crippen molar-refractivity contribution in [1.82, 2.24) is 4.31 Å². The Kier molecular flexibility index (Phi) is 5.39. The molecule has 1 rings (SSSR count). The molecule has 1 aromatic carbocycles. The summed E-state index contributed by atoms with van der Waals surface area (Å²) in [5.74, 6) is -3.28. The minimum absolute atomic E-state index is 0.0789. The van der Waals surface area contributed by atoms with Crippen molar-refractivity contribution in [1.29, 1.82) is 0 Å². The molecule has 0 saturated heterocycles. The Balaban J connectivity index is 3.15. The molecule has 1 N–H and O–H groups in total. The van der Waals surface area contributed by atoms with Gasteiger partial charge in [-0.25, -0.2) is 17.6 Å². The molecule has 116 valence electrons. The second kappa shape index (κ2) is 6.64. The highest BCUT2D eigenvalue weighted by molar-refractivity contribution is 7.89. The molecule has 0 aromatic heterocycles. The first kappa shape index (κ1) is 17.1. The number of halogens is 1. The summed E-state index contributed by atoms with van der Waals surface area (Å²) < 4.78 is 43.2. The summed E-state index contributed by atoms with van der Waals surface area (Å²) in [6.07, 6.45) is 0. The lowest BCUT2D eigenvalue weighted by molar-refractivity contribution is -0.143. The van der Waals surface area contributed by atoms with Crippen molar-refractivity contribution in [3.8, 4) is 0 Å². The van der Waals surface area contributed by atoms with Crippen LogP contribution >= 0.6 is 0 Å². The summed E-state index contributed by atoms with van der Waals surface area (Å²) in [7, 11) is -3.28. The molecule has 21 heavy (non-hydrogen) atoms. The predicted octanol–water partition coefficient (Wildman–Crippen LogP) is 0.708. The summed E-state index contributed by atoms with van der Waals surface area (Å²) in [6, 6.07) is 2.39. The number of likely N-dealkylation sites (N-methyl/N-ethyl adjacent to an activating group) is 1. The molecule has 0 heterocycles. The Morgan fingerprint density at radius 1 is 1.38 bits per heavy atom. The van der Waals surface area contributed by atoms with Gasteiger partial charge in [-0.3, -0.25) is 4.79 Å². The van der Waals surface area contributed by atoms with Crippen molar-refractivity contribution >= 4 is 22.0 Å². The average Bonchev–Trinajstić information content (AvgIpc) is 2.38. The van der Waals surface area contributed by atoms with E-state index in [-0.39, 0.29) is 12.2 Å². The number of hydrogen-bond donors (Lipinski definition) is 1. The van der Waals surface area contributed by atoms with Gasteiger partial charge in [0.15, 0.2) is 0 Å². The minimum Gasteiger partial charge on any atom is -0.478 e. The van der Waals surface area contributed by atoms with Crippen LogP contribution in [-0.2, 0) is 19.6 Å². The number of aromatic carboxylic acids is 1. The number of benzene rings is 1. The van der Waals surface area contributed by atoms with Crippen LogP contribution in [0.5, 0.6) is 0 Å². The number of nitrogens with zero attached hydrogens (tertiary/aromatic N) is 1. The van der Waals surface area contributed by atoms with E-state index in [1.807, 2.05) is 0 Å². The summed E-state index contributed by atoms with van der Waals surface area (Å²) in [5, 5.41) is 8.81. The van der Waals surface area contributed by atoms with Gasteiger partial charge in [0.25, 0.3) is 0 Å². The first-order valence-electron chi connectivity index (χ1n) is 5.85. The zero-order chi connectivity index (χ0) is 16.2. The second-order valence-electron chi connectivity index (χ2n) is 4.02. The van der Waals surface area contributed by atoms with Crippen LogP contribution in [0.3, 0.4) is 0 Å². The fourth-order valence-electron chi connectivity index (χ4n) is 1.48. The predicted molar refractivity (Wildman–Crippen MR) is 69.8 cm³/mol. The van der Waals surface area contributed by atoms with E-state index in [0.29, 0.717) is 10.4 Å². The van der Waals surface area contributed by atoms with Crippen LogP contribution in [0.15, 0.2) is 23.1 Å². The van der Waals surface area contributed by atoms with Gasteiger partial charge in [0.1, 0.15) is 17.3 Å². The molecule has 0 radical (unpaired) electrons. The fourth-order valence-corrected chi connectivity index (χ4v) is 2.68. The first-order chi connectivity index (χ1) is 9.70. The van der Waals surface area contributed by atoms with E-state index in [1.165, 1.54) is 0 Å². The van der Waals surface area contributed by atoms with Gasteiger partial charge in [0.05, 0.1) is 12.2 Å². The van der Waals surface area contributed by atoms with Gasteiger partial charge in [-0.1, -0.05) is 0 Å². The number of sulfonamides is 1. The maximum Gasteiger partial charge on any atom is 0.335 e. The van der Waals surface area contributed by atoms with Crippen LogP contribution in [0.25, 0.3) is 0 Å². The van der Waals surface area contributed by atoms with Crippen molar-refractivity contribution in [3.05, 3.63) is 29.6 Å². The van der Waals surface area contributed by atoms with Crippen molar-refractivity contribution in [2.24, 2.45) is 0 Å². The zero-order valence-corrected chi connectivity index (χ0v) is 12.2. The lowest BCUT2D eigenvalue weighted by Gasteiger charge is -2.16.